The Kier molecular flexibility index (Phi) is 8.20. The first-order valence-corrected chi connectivity index (χ1v) is 8.93. The predicted octanol–water partition coefficient (Wildman–Crippen LogP) is 3.28. The zero-order valence-corrected chi connectivity index (χ0v) is 17.1. The number of piperidine rings is 1. The molecule has 0 saturated carbocycles. The monoisotopic (exact) mass is 418 g/mol. The molecule has 0 atom stereocenters. The van der Waals surface area contributed by atoms with Crippen LogP contribution in [0.5, 0.6) is 0 Å². The summed E-state index contributed by atoms with van der Waals surface area (Å²) in [5.74, 6) is 0.117. The Hall–Kier alpha value is -0.620. The Morgan fingerprint density at radius 1 is 1.29 bits per heavy atom. The van der Waals surface area contributed by atoms with Crippen molar-refractivity contribution in [2.75, 3.05) is 33.4 Å². The molecular formula is C18H28BrClN2O2. The van der Waals surface area contributed by atoms with Gasteiger partial charge in [0, 0.05) is 23.5 Å². The number of hydrogen-bond donors (Lipinski definition) is 2. The van der Waals surface area contributed by atoms with Gasteiger partial charge in [-0.1, -0.05) is 41.9 Å². The Labute approximate surface area is 159 Å². The Morgan fingerprint density at radius 3 is 2.42 bits per heavy atom. The maximum absolute atomic E-state index is 12.8. The normalized spacial score (nSPS) is 17.0. The van der Waals surface area contributed by atoms with Crippen molar-refractivity contribution in [3.8, 4) is 0 Å². The molecule has 1 aliphatic rings. The molecule has 0 aromatic heterocycles. The van der Waals surface area contributed by atoms with E-state index in [9.17, 15) is 4.79 Å². The lowest BCUT2D eigenvalue weighted by molar-refractivity contribution is -0.136. The Morgan fingerprint density at radius 2 is 1.88 bits per heavy atom. The molecule has 2 N–H and O–H groups in total. The second-order valence-electron chi connectivity index (χ2n) is 7.04. The van der Waals surface area contributed by atoms with Crippen molar-refractivity contribution in [1.29, 1.82) is 0 Å². The van der Waals surface area contributed by atoms with Crippen molar-refractivity contribution >= 4 is 34.2 Å². The summed E-state index contributed by atoms with van der Waals surface area (Å²) >= 11 is 3.46. The van der Waals surface area contributed by atoms with Gasteiger partial charge >= 0.3 is 0 Å². The van der Waals surface area contributed by atoms with Crippen LogP contribution in [-0.2, 0) is 14.9 Å². The van der Waals surface area contributed by atoms with Crippen LogP contribution in [0.15, 0.2) is 28.7 Å². The van der Waals surface area contributed by atoms with Crippen LogP contribution in [0.4, 0.5) is 0 Å². The van der Waals surface area contributed by atoms with Gasteiger partial charge < -0.3 is 15.4 Å². The number of benzene rings is 1. The van der Waals surface area contributed by atoms with Gasteiger partial charge in [-0.15, -0.1) is 12.4 Å². The van der Waals surface area contributed by atoms with Crippen LogP contribution in [-0.4, -0.2) is 39.3 Å². The van der Waals surface area contributed by atoms with Crippen molar-refractivity contribution in [2.45, 2.75) is 32.1 Å². The lowest BCUT2D eigenvalue weighted by Gasteiger charge is -2.37. The summed E-state index contributed by atoms with van der Waals surface area (Å²) in [5, 5.41) is 6.49. The molecule has 1 saturated heterocycles. The summed E-state index contributed by atoms with van der Waals surface area (Å²) in [5.41, 5.74) is 0.708. The maximum Gasteiger partial charge on any atom is 0.228 e. The summed E-state index contributed by atoms with van der Waals surface area (Å²) < 4.78 is 6.41. The average molecular weight is 420 g/mol. The van der Waals surface area contributed by atoms with Gasteiger partial charge in [0.1, 0.15) is 0 Å². The molecule has 24 heavy (non-hydrogen) atoms. The van der Waals surface area contributed by atoms with E-state index in [1.54, 1.807) is 7.11 Å². The molecule has 1 aromatic rings. The maximum atomic E-state index is 12.8. The summed E-state index contributed by atoms with van der Waals surface area (Å²) in [6.07, 6.45) is 1.65. The highest BCUT2D eigenvalue weighted by Gasteiger charge is 2.40. The van der Waals surface area contributed by atoms with E-state index in [1.807, 2.05) is 12.1 Å². The molecule has 1 amide bonds. The lowest BCUT2D eigenvalue weighted by atomic mass is 9.78. The van der Waals surface area contributed by atoms with Crippen molar-refractivity contribution < 1.29 is 9.53 Å². The van der Waals surface area contributed by atoms with Crippen LogP contribution in [0.1, 0.15) is 32.3 Å². The van der Waals surface area contributed by atoms with Gasteiger partial charge in [-0.2, -0.15) is 0 Å². The minimum atomic E-state index is -0.393. The van der Waals surface area contributed by atoms with E-state index in [-0.39, 0.29) is 23.7 Å². The van der Waals surface area contributed by atoms with Crippen LogP contribution in [0.3, 0.4) is 0 Å². The fraction of sp³-hybridized carbons (Fsp3) is 0.611. The van der Waals surface area contributed by atoms with Crippen LogP contribution < -0.4 is 10.6 Å². The molecule has 1 aromatic carbocycles. The van der Waals surface area contributed by atoms with Crippen molar-refractivity contribution in [2.24, 2.45) is 5.41 Å². The van der Waals surface area contributed by atoms with E-state index < -0.39 is 5.41 Å². The minimum absolute atomic E-state index is 0. The fourth-order valence-corrected chi connectivity index (χ4v) is 3.37. The molecule has 2 rings (SSSR count). The Bertz CT molecular complexity index is 523. The molecule has 4 nitrogen and oxygen atoms in total. The standard InChI is InChI=1S/C18H27BrN2O2.ClH/c1-17(2,14-4-6-15(19)7-5-14)12-21-16(22)18(13-23-3)8-10-20-11-9-18;/h4-7,20H,8-13H2,1-3H3,(H,21,22);1H. The highest BCUT2D eigenvalue weighted by Crippen LogP contribution is 2.30. The van der Waals surface area contributed by atoms with Crippen LogP contribution in [0.25, 0.3) is 0 Å². The first kappa shape index (κ1) is 21.4. The number of carbonyl (C=O) groups is 1. The summed E-state index contributed by atoms with van der Waals surface area (Å²) in [6, 6.07) is 8.29. The van der Waals surface area contributed by atoms with Crippen molar-refractivity contribution in [3.63, 3.8) is 0 Å². The van der Waals surface area contributed by atoms with Gasteiger partial charge in [0.25, 0.3) is 0 Å². The third kappa shape index (κ3) is 5.19. The van der Waals surface area contributed by atoms with Gasteiger partial charge in [0.15, 0.2) is 0 Å². The molecule has 1 fully saturated rings. The number of halogens is 2. The number of nitrogens with one attached hydrogen (secondary N) is 2. The minimum Gasteiger partial charge on any atom is -0.384 e. The number of amides is 1. The van der Waals surface area contributed by atoms with Crippen LogP contribution in [0, 0.1) is 5.41 Å². The topological polar surface area (TPSA) is 50.4 Å². The number of methoxy groups -OCH3 is 1. The van der Waals surface area contributed by atoms with Crippen molar-refractivity contribution in [1.82, 2.24) is 10.6 Å². The van der Waals surface area contributed by atoms with Gasteiger partial charge in [-0.05, 0) is 43.6 Å². The molecule has 0 spiro atoms. The van der Waals surface area contributed by atoms with Gasteiger partial charge in [-0.3, -0.25) is 4.79 Å². The molecule has 0 radical (unpaired) electrons. The molecule has 1 aliphatic heterocycles. The number of carbonyl (C=O) groups excluding carboxylic acids is 1. The van der Waals surface area contributed by atoms with Crippen molar-refractivity contribution in [3.05, 3.63) is 34.3 Å². The lowest BCUT2D eigenvalue weighted by Crippen LogP contribution is -2.52. The second-order valence-corrected chi connectivity index (χ2v) is 7.95. The molecular weight excluding hydrogens is 392 g/mol. The SMILES string of the molecule is COCC1(C(=O)NCC(C)(C)c2ccc(Br)cc2)CCNCC1.Cl. The quantitative estimate of drug-likeness (QED) is 0.744. The van der Waals surface area contributed by atoms with E-state index in [4.69, 9.17) is 4.74 Å². The molecule has 0 bridgehead atoms. The Balaban J connectivity index is 0.00000288. The zero-order valence-electron chi connectivity index (χ0n) is 14.7. The smallest absolute Gasteiger partial charge is 0.228 e. The summed E-state index contributed by atoms with van der Waals surface area (Å²) in [7, 11) is 1.67. The van der Waals surface area contributed by atoms with E-state index in [1.165, 1.54) is 5.56 Å². The summed E-state index contributed by atoms with van der Waals surface area (Å²) in [4.78, 5) is 12.8. The van der Waals surface area contributed by atoms with Gasteiger partial charge in [-0.25, -0.2) is 0 Å². The van der Waals surface area contributed by atoms with Gasteiger partial charge in [0.05, 0.1) is 12.0 Å². The average Bonchev–Trinajstić information content (AvgIpc) is 2.54. The molecule has 1 heterocycles. The first-order valence-electron chi connectivity index (χ1n) is 8.14. The van der Waals surface area contributed by atoms with E-state index in [2.05, 4.69) is 52.5 Å². The molecule has 0 aliphatic carbocycles. The van der Waals surface area contributed by atoms with Crippen LogP contribution in [0.2, 0.25) is 0 Å². The summed E-state index contributed by atoms with van der Waals surface area (Å²) in [6.45, 7) is 7.15. The van der Waals surface area contributed by atoms with Gasteiger partial charge in [0.2, 0.25) is 5.91 Å². The van der Waals surface area contributed by atoms with E-state index in [0.717, 1.165) is 30.4 Å². The molecule has 0 unspecified atom stereocenters. The highest BCUT2D eigenvalue weighted by atomic mass is 79.9. The van der Waals surface area contributed by atoms with E-state index >= 15 is 0 Å². The second kappa shape index (κ2) is 9.18. The molecule has 136 valence electrons. The molecule has 6 heteroatoms. The largest absolute Gasteiger partial charge is 0.384 e. The number of rotatable bonds is 6. The predicted molar refractivity (Wildman–Crippen MR) is 104 cm³/mol. The fourth-order valence-electron chi connectivity index (χ4n) is 3.11. The third-order valence-electron chi connectivity index (χ3n) is 4.78. The highest BCUT2D eigenvalue weighted by molar-refractivity contribution is 9.10. The zero-order chi connectivity index (χ0) is 16.9. The third-order valence-corrected chi connectivity index (χ3v) is 5.31. The van der Waals surface area contributed by atoms with E-state index in [0.29, 0.717) is 13.2 Å². The van der Waals surface area contributed by atoms with Crippen LogP contribution >= 0.6 is 28.3 Å². The number of ether oxygens (including phenoxy) is 1. The number of hydrogen-bond acceptors (Lipinski definition) is 3. The first-order chi connectivity index (χ1) is 10.9.